The summed E-state index contributed by atoms with van der Waals surface area (Å²) in [5.74, 6) is 0.599. The maximum Gasteiger partial charge on any atom is 0.286 e. The minimum Gasteiger partial charge on any atom is -0.493 e. The number of likely N-dealkylation sites (tertiary alicyclic amines) is 1. The van der Waals surface area contributed by atoms with E-state index >= 15 is 0 Å². The van der Waals surface area contributed by atoms with E-state index in [0.717, 1.165) is 19.4 Å². The zero-order chi connectivity index (χ0) is 18.4. The number of amides is 1. The highest BCUT2D eigenvalue weighted by atomic mass is 16.6. The minimum absolute atomic E-state index is 0.0411. The molecule has 2 rings (SSSR count). The molecule has 1 amide bonds. The standard InChI is InChI=1S/C17H25N3O5/c1-4-25-16-8-13(14(20(22)23)9-15(16)24-3)17(21)19-7-5-6-12(11-19)10-18-2/h8-9,12,18H,4-7,10-11H2,1-3H3. The van der Waals surface area contributed by atoms with Crippen molar-refractivity contribution >= 4 is 11.6 Å². The first kappa shape index (κ1) is 19.0. The van der Waals surface area contributed by atoms with E-state index in [4.69, 9.17) is 9.47 Å². The molecule has 0 bridgehead atoms. The number of hydrogen-bond acceptors (Lipinski definition) is 6. The molecule has 1 aromatic carbocycles. The van der Waals surface area contributed by atoms with E-state index in [9.17, 15) is 14.9 Å². The molecule has 1 N–H and O–H groups in total. The second kappa shape index (κ2) is 8.66. The predicted molar refractivity (Wildman–Crippen MR) is 93.4 cm³/mol. The molecule has 1 unspecified atom stereocenters. The highest BCUT2D eigenvalue weighted by Gasteiger charge is 2.30. The van der Waals surface area contributed by atoms with Crippen LogP contribution in [0.25, 0.3) is 0 Å². The maximum atomic E-state index is 12.9. The second-order valence-corrected chi connectivity index (χ2v) is 6.03. The van der Waals surface area contributed by atoms with E-state index in [1.807, 2.05) is 7.05 Å². The van der Waals surface area contributed by atoms with Gasteiger partial charge in [-0.15, -0.1) is 0 Å². The van der Waals surface area contributed by atoms with Crippen LogP contribution in [0.1, 0.15) is 30.1 Å². The number of carbonyl (C=O) groups is 1. The van der Waals surface area contributed by atoms with Crippen LogP contribution in [0.2, 0.25) is 0 Å². The molecule has 0 aliphatic carbocycles. The Morgan fingerprint density at radius 3 is 2.80 bits per heavy atom. The lowest BCUT2D eigenvalue weighted by Crippen LogP contribution is -2.42. The molecular weight excluding hydrogens is 326 g/mol. The Hall–Kier alpha value is -2.35. The van der Waals surface area contributed by atoms with E-state index < -0.39 is 4.92 Å². The third-order valence-corrected chi connectivity index (χ3v) is 4.31. The van der Waals surface area contributed by atoms with Crippen molar-refractivity contribution in [1.82, 2.24) is 10.2 Å². The summed E-state index contributed by atoms with van der Waals surface area (Å²) in [4.78, 5) is 25.5. The molecule has 138 valence electrons. The number of nitrogens with zero attached hydrogens (tertiary/aromatic N) is 2. The number of piperidine rings is 1. The molecule has 1 fully saturated rings. The van der Waals surface area contributed by atoms with Crippen LogP contribution < -0.4 is 14.8 Å². The lowest BCUT2D eigenvalue weighted by Gasteiger charge is -2.32. The topological polar surface area (TPSA) is 93.9 Å². The summed E-state index contributed by atoms with van der Waals surface area (Å²) in [5, 5.41) is 14.6. The summed E-state index contributed by atoms with van der Waals surface area (Å²) >= 11 is 0. The molecule has 0 radical (unpaired) electrons. The van der Waals surface area contributed by atoms with Gasteiger partial charge in [0.05, 0.1) is 24.7 Å². The molecule has 8 nitrogen and oxygen atoms in total. The normalized spacial score (nSPS) is 17.2. The van der Waals surface area contributed by atoms with Crippen LogP contribution in [0.3, 0.4) is 0 Å². The van der Waals surface area contributed by atoms with Crippen LogP contribution in [0.4, 0.5) is 5.69 Å². The van der Waals surface area contributed by atoms with Crippen molar-refractivity contribution in [2.45, 2.75) is 19.8 Å². The van der Waals surface area contributed by atoms with Gasteiger partial charge < -0.3 is 19.7 Å². The first-order valence-corrected chi connectivity index (χ1v) is 8.44. The molecule has 0 spiro atoms. The Morgan fingerprint density at radius 1 is 1.44 bits per heavy atom. The summed E-state index contributed by atoms with van der Waals surface area (Å²) in [6.45, 7) is 4.18. The van der Waals surface area contributed by atoms with Gasteiger partial charge in [-0.25, -0.2) is 0 Å². The van der Waals surface area contributed by atoms with Crippen LogP contribution in [0.15, 0.2) is 12.1 Å². The number of hydrogen-bond donors (Lipinski definition) is 1. The fourth-order valence-electron chi connectivity index (χ4n) is 3.17. The van der Waals surface area contributed by atoms with Crippen LogP contribution >= 0.6 is 0 Å². The van der Waals surface area contributed by atoms with E-state index in [1.165, 1.54) is 19.2 Å². The van der Waals surface area contributed by atoms with Crippen molar-refractivity contribution in [3.8, 4) is 11.5 Å². The minimum atomic E-state index is -0.555. The van der Waals surface area contributed by atoms with Gasteiger partial charge in [-0.2, -0.15) is 0 Å². The number of ether oxygens (including phenoxy) is 2. The van der Waals surface area contributed by atoms with E-state index in [-0.39, 0.29) is 22.9 Å². The van der Waals surface area contributed by atoms with Crippen molar-refractivity contribution in [2.75, 3.05) is 40.4 Å². The summed E-state index contributed by atoms with van der Waals surface area (Å²) in [6, 6.07) is 2.68. The third kappa shape index (κ3) is 4.39. The summed E-state index contributed by atoms with van der Waals surface area (Å²) in [5.41, 5.74) is -0.222. The molecule has 0 aromatic heterocycles. The van der Waals surface area contributed by atoms with Gasteiger partial charge >= 0.3 is 0 Å². The highest BCUT2D eigenvalue weighted by molar-refractivity contribution is 5.99. The van der Waals surface area contributed by atoms with E-state index in [2.05, 4.69) is 5.32 Å². The van der Waals surface area contributed by atoms with Crippen molar-refractivity contribution < 1.29 is 19.2 Å². The summed E-state index contributed by atoms with van der Waals surface area (Å²) in [7, 11) is 3.29. The van der Waals surface area contributed by atoms with Gasteiger partial charge in [0.25, 0.3) is 11.6 Å². The zero-order valence-corrected chi connectivity index (χ0v) is 14.9. The van der Waals surface area contributed by atoms with Crippen LogP contribution in [0, 0.1) is 16.0 Å². The van der Waals surface area contributed by atoms with Crippen LogP contribution in [0.5, 0.6) is 11.5 Å². The average molecular weight is 351 g/mol. The van der Waals surface area contributed by atoms with Crippen molar-refractivity contribution in [3.63, 3.8) is 0 Å². The first-order valence-electron chi connectivity index (χ1n) is 8.44. The van der Waals surface area contributed by atoms with Gasteiger partial charge in [-0.3, -0.25) is 14.9 Å². The van der Waals surface area contributed by atoms with Crippen LogP contribution in [-0.4, -0.2) is 56.1 Å². The van der Waals surface area contributed by atoms with Gasteiger partial charge in [-0.05, 0) is 39.3 Å². The average Bonchev–Trinajstić information content (AvgIpc) is 2.61. The lowest BCUT2D eigenvalue weighted by molar-refractivity contribution is -0.385. The number of nitro benzene ring substituents is 1. The number of nitro groups is 1. The Kier molecular flexibility index (Phi) is 6.58. The summed E-state index contributed by atoms with van der Waals surface area (Å²) < 4.78 is 10.6. The number of carbonyl (C=O) groups excluding carboxylic acids is 1. The SMILES string of the molecule is CCOc1cc(C(=O)N2CCCC(CNC)C2)c([N+](=O)[O-])cc1OC. The molecule has 25 heavy (non-hydrogen) atoms. The molecule has 1 heterocycles. The second-order valence-electron chi connectivity index (χ2n) is 6.03. The zero-order valence-electron chi connectivity index (χ0n) is 14.9. The molecule has 1 atom stereocenters. The monoisotopic (exact) mass is 351 g/mol. The Balaban J connectivity index is 2.36. The molecule has 1 aliphatic rings. The third-order valence-electron chi connectivity index (χ3n) is 4.31. The van der Waals surface area contributed by atoms with E-state index in [1.54, 1.807) is 11.8 Å². The van der Waals surface area contributed by atoms with Crippen molar-refractivity contribution in [1.29, 1.82) is 0 Å². The first-order chi connectivity index (χ1) is 12.0. The molecule has 1 aliphatic heterocycles. The predicted octanol–water partition coefficient (Wildman–Crippen LogP) is 2.07. The van der Waals surface area contributed by atoms with Crippen molar-refractivity contribution in [2.24, 2.45) is 5.92 Å². The number of nitrogens with one attached hydrogen (secondary N) is 1. The summed E-state index contributed by atoms with van der Waals surface area (Å²) in [6.07, 6.45) is 1.93. The fraction of sp³-hybridized carbons (Fsp3) is 0.588. The molecule has 8 heteroatoms. The van der Waals surface area contributed by atoms with Gasteiger partial charge in [0.2, 0.25) is 0 Å². The smallest absolute Gasteiger partial charge is 0.286 e. The Labute approximate surface area is 147 Å². The van der Waals surface area contributed by atoms with E-state index in [0.29, 0.717) is 31.4 Å². The molecule has 0 saturated carbocycles. The molecular formula is C17H25N3O5. The Morgan fingerprint density at radius 2 is 2.20 bits per heavy atom. The van der Waals surface area contributed by atoms with Gasteiger partial charge in [-0.1, -0.05) is 0 Å². The quantitative estimate of drug-likeness (QED) is 0.597. The fourth-order valence-corrected chi connectivity index (χ4v) is 3.17. The molecule has 1 saturated heterocycles. The molecule has 1 aromatic rings. The number of benzene rings is 1. The largest absolute Gasteiger partial charge is 0.493 e. The number of methoxy groups -OCH3 is 1. The van der Waals surface area contributed by atoms with Gasteiger partial charge in [0.15, 0.2) is 11.5 Å². The highest BCUT2D eigenvalue weighted by Crippen LogP contribution is 2.35. The number of rotatable bonds is 7. The maximum absolute atomic E-state index is 12.9. The van der Waals surface area contributed by atoms with Crippen LogP contribution in [-0.2, 0) is 0 Å². The lowest BCUT2D eigenvalue weighted by atomic mass is 9.97. The van der Waals surface area contributed by atoms with Gasteiger partial charge in [0, 0.05) is 19.2 Å². The van der Waals surface area contributed by atoms with Gasteiger partial charge in [0.1, 0.15) is 5.56 Å². The van der Waals surface area contributed by atoms with Crippen molar-refractivity contribution in [3.05, 3.63) is 27.8 Å². The Bertz CT molecular complexity index is 633.